The van der Waals surface area contributed by atoms with Gasteiger partial charge in [-0.2, -0.15) is 11.8 Å². The smallest absolute Gasteiger partial charge is 0.328 e. The van der Waals surface area contributed by atoms with Crippen molar-refractivity contribution in [2.45, 2.75) is 39.2 Å². The number of Topliss-reactive ketones (excluding diaryl/α,β-unsaturated/α-hetero) is 1. The van der Waals surface area contributed by atoms with E-state index in [0.717, 1.165) is 16.9 Å². The fourth-order valence-electron chi connectivity index (χ4n) is 2.18. The monoisotopic (exact) mass is 351 g/mol. The van der Waals surface area contributed by atoms with Crippen LogP contribution < -0.4 is 5.32 Å². The molecular weight excluding hydrogens is 326 g/mol. The molecule has 1 rings (SSSR count). The van der Waals surface area contributed by atoms with Crippen LogP contribution in [0, 0.1) is 13.8 Å². The van der Waals surface area contributed by atoms with Gasteiger partial charge in [-0.15, -0.1) is 0 Å². The first-order chi connectivity index (χ1) is 11.4. The van der Waals surface area contributed by atoms with E-state index in [9.17, 15) is 14.4 Å². The summed E-state index contributed by atoms with van der Waals surface area (Å²) in [5.41, 5.74) is 2.78. The van der Waals surface area contributed by atoms with Crippen LogP contribution in [0.2, 0.25) is 0 Å². The second-order valence-electron chi connectivity index (χ2n) is 5.65. The number of thioether (sulfide) groups is 1. The van der Waals surface area contributed by atoms with Crippen molar-refractivity contribution in [2.75, 3.05) is 19.1 Å². The van der Waals surface area contributed by atoms with Crippen molar-refractivity contribution >= 4 is 29.4 Å². The Labute approximate surface area is 147 Å². The molecule has 1 aromatic rings. The zero-order valence-corrected chi connectivity index (χ0v) is 15.5. The fraction of sp³-hybridized carbons (Fsp3) is 0.500. The van der Waals surface area contributed by atoms with Gasteiger partial charge < -0.3 is 10.1 Å². The maximum atomic E-state index is 12.2. The Hall–Kier alpha value is -1.82. The van der Waals surface area contributed by atoms with Crippen molar-refractivity contribution in [3.8, 4) is 0 Å². The predicted octanol–water partition coefficient (Wildman–Crippen LogP) is 2.68. The molecule has 0 aromatic heterocycles. The van der Waals surface area contributed by atoms with Crippen molar-refractivity contribution in [3.05, 3.63) is 34.9 Å². The number of hydrogen-bond donors (Lipinski definition) is 1. The van der Waals surface area contributed by atoms with Crippen molar-refractivity contribution in [1.82, 2.24) is 5.32 Å². The molecule has 0 aliphatic rings. The minimum absolute atomic E-state index is 0.0541. The number of ether oxygens (including phenoxy) is 1. The molecule has 0 heterocycles. The van der Waals surface area contributed by atoms with Gasteiger partial charge in [-0.1, -0.05) is 12.1 Å². The number of rotatable bonds is 9. The first kappa shape index (κ1) is 20.2. The molecule has 0 unspecified atom stereocenters. The predicted molar refractivity (Wildman–Crippen MR) is 96.4 cm³/mol. The lowest BCUT2D eigenvalue weighted by molar-refractivity contribution is -0.145. The maximum Gasteiger partial charge on any atom is 0.328 e. The molecular formula is C18H25NO4S. The Morgan fingerprint density at radius 2 is 1.88 bits per heavy atom. The lowest BCUT2D eigenvalue weighted by atomic mass is 10.0. The van der Waals surface area contributed by atoms with E-state index in [4.69, 9.17) is 4.74 Å². The van der Waals surface area contributed by atoms with E-state index in [1.807, 2.05) is 32.2 Å². The second kappa shape index (κ2) is 10.1. The highest BCUT2D eigenvalue weighted by atomic mass is 32.2. The van der Waals surface area contributed by atoms with Gasteiger partial charge in [0.2, 0.25) is 5.91 Å². The Morgan fingerprint density at radius 1 is 1.17 bits per heavy atom. The third-order valence-electron chi connectivity index (χ3n) is 3.84. The normalized spacial score (nSPS) is 11.7. The summed E-state index contributed by atoms with van der Waals surface area (Å²) in [5.74, 6) is -0.115. The van der Waals surface area contributed by atoms with Gasteiger partial charge in [0.25, 0.3) is 0 Å². The zero-order valence-electron chi connectivity index (χ0n) is 14.7. The molecule has 5 nitrogen and oxygen atoms in total. The third-order valence-corrected chi connectivity index (χ3v) is 4.48. The van der Waals surface area contributed by atoms with E-state index in [2.05, 4.69) is 5.32 Å². The first-order valence-corrected chi connectivity index (χ1v) is 9.25. The van der Waals surface area contributed by atoms with Crippen LogP contribution in [-0.4, -0.2) is 42.8 Å². The van der Waals surface area contributed by atoms with Gasteiger partial charge in [0.15, 0.2) is 5.78 Å². The van der Waals surface area contributed by atoms with Gasteiger partial charge in [-0.3, -0.25) is 9.59 Å². The van der Waals surface area contributed by atoms with Gasteiger partial charge >= 0.3 is 5.97 Å². The minimum Gasteiger partial charge on any atom is -0.467 e. The summed E-state index contributed by atoms with van der Waals surface area (Å²) < 4.78 is 4.70. The van der Waals surface area contributed by atoms with Crippen molar-refractivity contribution in [2.24, 2.45) is 0 Å². The third kappa shape index (κ3) is 6.35. The average Bonchev–Trinajstić information content (AvgIpc) is 2.58. The molecule has 132 valence electrons. The SMILES string of the molecule is COC(=O)[C@H](CCSC)NC(=O)CCC(=O)c1ccc(C)c(C)c1. The molecule has 1 amide bonds. The molecule has 1 aromatic carbocycles. The number of esters is 1. The Morgan fingerprint density at radius 3 is 2.46 bits per heavy atom. The van der Waals surface area contributed by atoms with Crippen LogP contribution in [0.4, 0.5) is 0 Å². The molecule has 0 fully saturated rings. The number of ketones is 1. The molecule has 0 bridgehead atoms. The number of methoxy groups -OCH3 is 1. The van der Waals surface area contributed by atoms with E-state index in [-0.39, 0.29) is 24.5 Å². The molecule has 0 saturated carbocycles. The van der Waals surface area contributed by atoms with Crippen molar-refractivity contribution in [3.63, 3.8) is 0 Å². The van der Waals surface area contributed by atoms with E-state index in [0.29, 0.717) is 12.0 Å². The number of carbonyl (C=O) groups excluding carboxylic acids is 3. The van der Waals surface area contributed by atoms with Gasteiger partial charge in [0.1, 0.15) is 6.04 Å². The van der Waals surface area contributed by atoms with Crippen LogP contribution in [0.5, 0.6) is 0 Å². The highest BCUT2D eigenvalue weighted by Crippen LogP contribution is 2.12. The van der Waals surface area contributed by atoms with Crippen LogP contribution in [0.1, 0.15) is 40.7 Å². The molecule has 0 saturated heterocycles. The topological polar surface area (TPSA) is 72.5 Å². The van der Waals surface area contributed by atoms with E-state index >= 15 is 0 Å². The Bertz CT molecular complexity index is 601. The molecule has 0 radical (unpaired) electrons. The number of nitrogens with one attached hydrogen (secondary N) is 1. The summed E-state index contributed by atoms with van der Waals surface area (Å²) >= 11 is 1.59. The summed E-state index contributed by atoms with van der Waals surface area (Å²) in [6, 6.07) is 4.86. The standard InChI is InChI=1S/C18H25NO4S/c1-12-5-6-14(11-13(12)2)16(20)7-8-17(21)19-15(9-10-24-4)18(22)23-3/h5-6,11,15H,7-10H2,1-4H3,(H,19,21)/t15-/m0/s1. The zero-order chi connectivity index (χ0) is 18.1. The number of amides is 1. The summed E-state index contributed by atoms with van der Waals surface area (Å²) in [7, 11) is 1.30. The van der Waals surface area contributed by atoms with E-state index < -0.39 is 12.0 Å². The van der Waals surface area contributed by atoms with Gasteiger partial charge in [0, 0.05) is 18.4 Å². The molecule has 6 heteroatoms. The lowest BCUT2D eigenvalue weighted by Gasteiger charge is -2.15. The number of hydrogen-bond acceptors (Lipinski definition) is 5. The molecule has 1 N–H and O–H groups in total. The lowest BCUT2D eigenvalue weighted by Crippen LogP contribution is -2.42. The Balaban J connectivity index is 2.55. The van der Waals surface area contributed by atoms with Gasteiger partial charge in [-0.25, -0.2) is 4.79 Å². The summed E-state index contributed by atoms with van der Waals surface area (Å²) in [6.07, 6.45) is 2.60. The largest absolute Gasteiger partial charge is 0.467 e. The quantitative estimate of drug-likeness (QED) is 0.547. The highest BCUT2D eigenvalue weighted by molar-refractivity contribution is 7.98. The minimum atomic E-state index is -0.660. The molecule has 24 heavy (non-hydrogen) atoms. The van der Waals surface area contributed by atoms with Crippen LogP contribution in [0.3, 0.4) is 0 Å². The maximum absolute atomic E-state index is 12.2. The molecule has 0 aliphatic carbocycles. The second-order valence-corrected chi connectivity index (χ2v) is 6.63. The molecule has 1 atom stereocenters. The average molecular weight is 351 g/mol. The molecule has 0 aliphatic heterocycles. The summed E-state index contributed by atoms with van der Waals surface area (Å²) in [5, 5.41) is 2.65. The van der Waals surface area contributed by atoms with Gasteiger partial charge in [0.05, 0.1) is 7.11 Å². The van der Waals surface area contributed by atoms with Gasteiger partial charge in [-0.05, 0) is 49.5 Å². The van der Waals surface area contributed by atoms with Crippen LogP contribution in [0.25, 0.3) is 0 Å². The Kier molecular flexibility index (Phi) is 8.54. The van der Waals surface area contributed by atoms with Crippen molar-refractivity contribution < 1.29 is 19.1 Å². The molecule has 0 spiro atoms. The fourth-order valence-corrected chi connectivity index (χ4v) is 2.65. The number of benzene rings is 1. The van der Waals surface area contributed by atoms with Crippen LogP contribution in [0.15, 0.2) is 18.2 Å². The van der Waals surface area contributed by atoms with Crippen LogP contribution in [-0.2, 0) is 14.3 Å². The number of aryl methyl sites for hydroxylation is 2. The summed E-state index contributed by atoms with van der Waals surface area (Å²) in [4.78, 5) is 35.9. The first-order valence-electron chi connectivity index (χ1n) is 7.85. The highest BCUT2D eigenvalue weighted by Gasteiger charge is 2.21. The van der Waals surface area contributed by atoms with E-state index in [1.165, 1.54) is 7.11 Å². The number of carbonyl (C=O) groups is 3. The van der Waals surface area contributed by atoms with Crippen LogP contribution >= 0.6 is 11.8 Å². The summed E-state index contributed by atoms with van der Waals surface area (Å²) in [6.45, 7) is 3.93. The van der Waals surface area contributed by atoms with Crippen molar-refractivity contribution in [1.29, 1.82) is 0 Å². The van der Waals surface area contributed by atoms with E-state index in [1.54, 1.807) is 17.8 Å².